The summed E-state index contributed by atoms with van der Waals surface area (Å²) in [4.78, 5) is 13.2. The van der Waals surface area contributed by atoms with Crippen LogP contribution < -0.4 is 4.73 Å². The SMILES string of the molecule is O=C(O)c1cccc(Cl)c1.[O-][n+]1cc(Br)c2cc[nH]c2c1. The molecular weight excluding hydrogens is 360 g/mol. The van der Waals surface area contributed by atoms with Gasteiger partial charge in [-0.25, -0.2) is 4.79 Å². The van der Waals surface area contributed by atoms with Crippen LogP contribution in [0.1, 0.15) is 10.4 Å². The van der Waals surface area contributed by atoms with Gasteiger partial charge in [0.2, 0.25) is 6.20 Å². The highest BCUT2D eigenvalue weighted by molar-refractivity contribution is 9.10. The van der Waals surface area contributed by atoms with E-state index < -0.39 is 5.97 Å². The largest absolute Gasteiger partial charge is 0.619 e. The first-order valence-corrected chi connectivity index (χ1v) is 6.99. The highest BCUT2D eigenvalue weighted by atomic mass is 79.9. The molecule has 2 heterocycles. The van der Waals surface area contributed by atoms with Gasteiger partial charge in [0.05, 0.1) is 10.0 Å². The number of benzene rings is 1. The Morgan fingerprint density at radius 1 is 1.33 bits per heavy atom. The molecule has 108 valence electrons. The van der Waals surface area contributed by atoms with Crippen molar-refractivity contribution >= 4 is 44.4 Å². The van der Waals surface area contributed by atoms with Gasteiger partial charge in [0, 0.05) is 16.6 Å². The van der Waals surface area contributed by atoms with Crippen molar-refractivity contribution in [2.75, 3.05) is 0 Å². The lowest BCUT2D eigenvalue weighted by Crippen LogP contribution is -2.24. The van der Waals surface area contributed by atoms with E-state index in [-0.39, 0.29) is 5.56 Å². The van der Waals surface area contributed by atoms with Crippen molar-refractivity contribution in [1.82, 2.24) is 4.98 Å². The Labute approximate surface area is 133 Å². The fourth-order valence-corrected chi connectivity index (χ4v) is 2.40. The zero-order valence-electron chi connectivity index (χ0n) is 10.6. The van der Waals surface area contributed by atoms with Gasteiger partial charge in [0.25, 0.3) is 0 Å². The smallest absolute Gasteiger partial charge is 0.335 e. The molecule has 0 aliphatic carbocycles. The summed E-state index contributed by atoms with van der Waals surface area (Å²) in [6.07, 6.45) is 4.78. The number of aromatic carboxylic acids is 1. The van der Waals surface area contributed by atoms with Gasteiger partial charge < -0.3 is 15.3 Å². The number of hydrogen-bond acceptors (Lipinski definition) is 2. The van der Waals surface area contributed by atoms with Gasteiger partial charge >= 0.3 is 5.97 Å². The zero-order chi connectivity index (χ0) is 15.4. The second kappa shape index (κ2) is 6.60. The van der Waals surface area contributed by atoms with Gasteiger partial charge in [-0.3, -0.25) is 0 Å². The third-order valence-corrected chi connectivity index (χ3v) is 3.47. The number of carbonyl (C=O) groups is 1. The maximum Gasteiger partial charge on any atom is 0.335 e. The number of aromatic nitrogens is 2. The van der Waals surface area contributed by atoms with Gasteiger partial charge in [0.15, 0.2) is 6.20 Å². The standard InChI is InChI=1S/C7H5BrN2O.C7H5ClO2/c8-6-3-10(11)4-7-5(6)1-2-9-7;8-6-3-1-2-5(4-6)7(9)10/h1-4,9H;1-4H,(H,9,10). The van der Waals surface area contributed by atoms with Gasteiger partial charge in [-0.1, -0.05) is 17.7 Å². The molecule has 0 atom stereocenters. The highest BCUT2D eigenvalue weighted by Gasteiger charge is 2.03. The summed E-state index contributed by atoms with van der Waals surface area (Å²) in [6, 6.07) is 8.05. The molecule has 0 radical (unpaired) electrons. The zero-order valence-corrected chi connectivity index (χ0v) is 12.9. The predicted molar refractivity (Wildman–Crippen MR) is 83.4 cm³/mol. The summed E-state index contributed by atoms with van der Waals surface area (Å²) in [5.74, 6) is -0.956. The third kappa shape index (κ3) is 3.96. The van der Waals surface area contributed by atoms with E-state index in [1.54, 1.807) is 18.3 Å². The molecule has 5 nitrogen and oxygen atoms in total. The average molecular weight is 370 g/mol. The molecule has 2 aromatic heterocycles. The Morgan fingerprint density at radius 3 is 2.71 bits per heavy atom. The molecule has 1 aromatic carbocycles. The molecular formula is C14H10BrClN2O3. The lowest BCUT2D eigenvalue weighted by Gasteiger charge is -1.96. The molecule has 0 saturated carbocycles. The molecule has 2 N–H and O–H groups in total. The van der Waals surface area contributed by atoms with Crippen molar-refractivity contribution in [3.63, 3.8) is 0 Å². The van der Waals surface area contributed by atoms with Crippen LogP contribution in [-0.2, 0) is 0 Å². The molecule has 0 aliphatic heterocycles. The van der Waals surface area contributed by atoms with Gasteiger partial charge in [0.1, 0.15) is 5.52 Å². The van der Waals surface area contributed by atoms with Crippen LogP contribution in [0.25, 0.3) is 10.9 Å². The molecule has 21 heavy (non-hydrogen) atoms. The van der Waals surface area contributed by atoms with Crippen LogP contribution in [0.4, 0.5) is 0 Å². The topological polar surface area (TPSA) is 80.0 Å². The molecule has 0 aliphatic rings. The summed E-state index contributed by atoms with van der Waals surface area (Å²) >= 11 is 8.81. The molecule has 0 fully saturated rings. The highest BCUT2D eigenvalue weighted by Crippen LogP contribution is 2.19. The van der Waals surface area contributed by atoms with Crippen molar-refractivity contribution in [3.8, 4) is 0 Å². The maximum absolute atomic E-state index is 10.9. The fourth-order valence-electron chi connectivity index (χ4n) is 1.66. The van der Waals surface area contributed by atoms with Gasteiger partial charge in [-0.15, -0.1) is 0 Å². The molecule has 3 rings (SSSR count). The molecule has 0 amide bonds. The average Bonchev–Trinajstić information content (AvgIpc) is 2.88. The van der Waals surface area contributed by atoms with E-state index in [9.17, 15) is 10.0 Å². The first-order chi connectivity index (χ1) is 9.97. The van der Waals surface area contributed by atoms with Crippen molar-refractivity contribution in [3.05, 3.63) is 69.2 Å². The van der Waals surface area contributed by atoms with E-state index >= 15 is 0 Å². The molecule has 0 unspecified atom stereocenters. The second-order valence-electron chi connectivity index (χ2n) is 4.09. The number of carboxylic acids is 1. The lowest BCUT2D eigenvalue weighted by atomic mass is 10.2. The van der Waals surface area contributed by atoms with E-state index in [4.69, 9.17) is 16.7 Å². The number of hydrogen-bond donors (Lipinski definition) is 2. The quantitative estimate of drug-likeness (QED) is 0.508. The minimum atomic E-state index is -0.956. The van der Waals surface area contributed by atoms with E-state index in [0.717, 1.165) is 20.1 Å². The Morgan fingerprint density at radius 2 is 2.10 bits per heavy atom. The number of halogens is 2. The number of rotatable bonds is 1. The van der Waals surface area contributed by atoms with Crippen LogP contribution in [-0.4, -0.2) is 16.1 Å². The van der Waals surface area contributed by atoms with E-state index in [1.807, 2.05) is 6.07 Å². The first-order valence-electron chi connectivity index (χ1n) is 5.81. The number of aromatic amines is 1. The molecule has 0 bridgehead atoms. The van der Waals surface area contributed by atoms with Crippen LogP contribution in [0.2, 0.25) is 5.02 Å². The van der Waals surface area contributed by atoms with Crippen LogP contribution in [0, 0.1) is 5.21 Å². The number of nitrogens with zero attached hydrogens (tertiary/aromatic N) is 1. The van der Waals surface area contributed by atoms with Gasteiger partial charge in [-0.05, 0) is 40.2 Å². The molecule has 0 spiro atoms. The summed E-state index contributed by atoms with van der Waals surface area (Å²) in [5.41, 5.74) is 1.06. The number of fused-ring (bicyclic) bond motifs is 1. The van der Waals surface area contributed by atoms with Crippen molar-refractivity contribution in [1.29, 1.82) is 0 Å². The summed E-state index contributed by atoms with van der Waals surface area (Å²) < 4.78 is 1.58. The molecule has 7 heteroatoms. The Kier molecular flexibility index (Phi) is 4.82. The number of H-pyrrole nitrogens is 1. The monoisotopic (exact) mass is 368 g/mol. The Bertz CT molecular complexity index is 789. The Balaban J connectivity index is 0.000000155. The fraction of sp³-hybridized carbons (Fsp3) is 0. The number of pyridine rings is 1. The van der Waals surface area contributed by atoms with E-state index in [2.05, 4.69) is 20.9 Å². The minimum absolute atomic E-state index is 0.215. The van der Waals surface area contributed by atoms with Crippen LogP contribution in [0.5, 0.6) is 0 Å². The van der Waals surface area contributed by atoms with Gasteiger partial charge in [-0.2, -0.15) is 4.73 Å². The minimum Gasteiger partial charge on any atom is -0.619 e. The summed E-state index contributed by atoms with van der Waals surface area (Å²) in [5, 5.41) is 20.8. The summed E-state index contributed by atoms with van der Waals surface area (Å²) in [6.45, 7) is 0. The van der Waals surface area contributed by atoms with Crippen LogP contribution >= 0.6 is 27.5 Å². The third-order valence-electron chi connectivity index (χ3n) is 2.60. The second-order valence-corrected chi connectivity index (χ2v) is 5.38. The number of nitrogens with one attached hydrogen (secondary N) is 1. The molecule has 3 aromatic rings. The normalized spacial score (nSPS) is 10.0. The molecule has 0 saturated heterocycles. The Hall–Kier alpha value is -2.05. The van der Waals surface area contributed by atoms with Crippen molar-refractivity contribution < 1.29 is 14.6 Å². The lowest BCUT2D eigenvalue weighted by molar-refractivity contribution is -0.604. The number of carboxylic acid groups (broad SMARTS) is 1. The van der Waals surface area contributed by atoms with E-state index in [0.29, 0.717) is 5.02 Å². The van der Waals surface area contributed by atoms with E-state index in [1.165, 1.54) is 24.5 Å². The summed E-state index contributed by atoms with van der Waals surface area (Å²) in [7, 11) is 0. The predicted octanol–water partition coefficient (Wildman–Crippen LogP) is 3.60. The van der Waals surface area contributed by atoms with Crippen LogP contribution in [0.15, 0.2) is 53.4 Å². The first kappa shape index (κ1) is 15.3. The maximum atomic E-state index is 10.9. The van der Waals surface area contributed by atoms with Crippen molar-refractivity contribution in [2.24, 2.45) is 0 Å². The van der Waals surface area contributed by atoms with Crippen LogP contribution in [0.3, 0.4) is 0 Å². The van der Waals surface area contributed by atoms with Crippen molar-refractivity contribution in [2.45, 2.75) is 0 Å².